The Labute approximate surface area is 69.0 Å². The number of hydrogen-bond donors (Lipinski definition) is 1. The zero-order chi connectivity index (χ0) is 7.94. The Hall–Kier alpha value is -0.520. The van der Waals surface area contributed by atoms with E-state index < -0.39 is 0 Å². The maximum Gasteiger partial charge on any atom is 0.00390 e. The lowest BCUT2D eigenvalue weighted by molar-refractivity contribution is 0.531. The molecule has 0 unspecified atom stereocenters. The van der Waals surface area contributed by atoms with Crippen molar-refractivity contribution in [2.75, 3.05) is 0 Å². The average Bonchev–Trinajstić information content (AvgIpc) is 2.03. The summed E-state index contributed by atoms with van der Waals surface area (Å²) in [6, 6.07) is 0.440. The Morgan fingerprint density at radius 2 is 1.64 bits per heavy atom. The standard InChI is InChI=1S/C10H17N/c11-10-8-6-4-2-1-3-5-7-9-10/h2-3,10H,4-9,11H2. The van der Waals surface area contributed by atoms with Gasteiger partial charge in [0.25, 0.3) is 0 Å². The minimum atomic E-state index is 0.440. The number of nitrogens with two attached hydrogens (primary N) is 1. The van der Waals surface area contributed by atoms with Crippen molar-refractivity contribution in [3.05, 3.63) is 17.9 Å². The summed E-state index contributed by atoms with van der Waals surface area (Å²) in [7, 11) is 0. The molecule has 1 rings (SSSR count). The fourth-order valence-electron chi connectivity index (χ4n) is 1.36. The van der Waals surface area contributed by atoms with E-state index in [-0.39, 0.29) is 0 Å². The zero-order valence-corrected chi connectivity index (χ0v) is 7.05. The highest BCUT2D eigenvalue weighted by Gasteiger charge is 2.00. The van der Waals surface area contributed by atoms with E-state index in [2.05, 4.69) is 17.9 Å². The normalized spacial score (nSPS) is 26.8. The fraction of sp³-hybridized carbons (Fsp3) is 0.700. The first kappa shape index (κ1) is 8.58. The van der Waals surface area contributed by atoms with Crippen molar-refractivity contribution in [2.24, 2.45) is 5.73 Å². The van der Waals surface area contributed by atoms with Crippen molar-refractivity contribution < 1.29 is 0 Å². The van der Waals surface area contributed by atoms with E-state index in [0.29, 0.717) is 6.04 Å². The number of allylic oxidation sites excluding steroid dienone is 1. The van der Waals surface area contributed by atoms with Crippen molar-refractivity contribution in [2.45, 2.75) is 44.6 Å². The maximum atomic E-state index is 5.88. The Balaban J connectivity index is 2.34. The molecule has 0 aliphatic heterocycles. The molecule has 0 bridgehead atoms. The Morgan fingerprint density at radius 1 is 1.09 bits per heavy atom. The minimum absolute atomic E-state index is 0.440. The van der Waals surface area contributed by atoms with Gasteiger partial charge in [-0.25, -0.2) is 0 Å². The summed E-state index contributed by atoms with van der Waals surface area (Å²) < 4.78 is 0. The van der Waals surface area contributed by atoms with E-state index in [1.165, 1.54) is 25.7 Å². The highest BCUT2D eigenvalue weighted by Crippen LogP contribution is 2.08. The molecular weight excluding hydrogens is 134 g/mol. The smallest absolute Gasteiger partial charge is 0.00390 e. The molecule has 0 aromatic carbocycles. The van der Waals surface area contributed by atoms with Crippen LogP contribution in [0.4, 0.5) is 0 Å². The van der Waals surface area contributed by atoms with Gasteiger partial charge in [0.05, 0.1) is 0 Å². The van der Waals surface area contributed by atoms with Crippen molar-refractivity contribution >= 4 is 0 Å². The van der Waals surface area contributed by atoms with Crippen LogP contribution in [0.1, 0.15) is 38.5 Å². The van der Waals surface area contributed by atoms with E-state index >= 15 is 0 Å². The van der Waals surface area contributed by atoms with Crippen molar-refractivity contribution in [1.82, 2.24) is 0 Å². The van der Waals surface area contributed by atoms with Crippen LogP contribution >= 0.6 is 0 Å². The average molecular weight is 151 g/mol. The summed E-state index contributed by atoms with van der Waals surface area (Å²) in [4.78, 5) is 0. The largest absolute Gasteiger partial charge is 0.328 e. The van der Waals surface area contributed by atoms with Crippen molar-refractivity contribution in [3.63, 3.8) is 0 Å². The first-order valence-corrected chi connectivity index (χ1v) is 4.54. The predicted molar refractivity (Wildman–Crippen MR) is 48.3 cm³/mol. The lowest BCUT2D eigenvalue weighted by atomic mass is 10.0. The van der Waals surface area contributed by atoms with Crippen LogP contribution in [-0.4, -0.2) is 6.04 Å². The summed E-state index contributed by atoms with van der Waals surface area (Å²) in [5.74, 6) is 0. The van der Waals surface area contributed by atoms with Gasteiger partial charge in [-0.15, -0.1) is 5.73 Å². The van der Waals surface area contributed by atoms with E-state index in [1.54, 1.807) is 0 Å². The van der Waals surface area contributed by atoms with Crippen LogP contribution in [0.2, 0.25) is 0 Å². The SMILES string of the molecule is NC1CCCC=C=CCCC1. The van der Waals surface area contributed by atoms with Crippen LogP contribution in [0.15, 0.2) is 17.9 Å². The lowest BCUT2D eigenvalue weighted by Crippen LogP contribution is -2.19. The van der Waals surface area contributed by atoms with Crippen molar-refractivity contribution in [1.29, 1.82) is 0 Å². The molecule has 0 spiro atoms. The third-order valence-electron chi connectivity index (χ3n) is 2.08. The van der Waals surface area contributed by atoms with Gasteiger partial charge in [-0.1, -0.05) is 0 Å². The summed E-state index contributed by atoms with van der Waals surface area (Å²) >= 11 is 0. The second-order valence-corrected chi connectivity index (χ2v) is 3.20. The molecule has 0 saturated carbocycles. The van der Waals surface area contributed by atoms with Gasteiger partial charge in [-0.05, 0) is 50.7 Å². The van der Waals surface area contributed by atoms with Crippen LogP contribution < -0.4 is 5.73 Å². The third-order valence-corrected chi connectivity index (χ3v) is 2.08. The zero-order valence-electron chi connectivity index (χ0n) is 7.05. The summed E-state index contributed by atoms with van der Waals surface area (Å²) in [5, 5.41) is 0. The Morgan fingerprint density at radius 3 is 2.18 bits per heavy atom. The van der Waals surface area contributed by atoms with Crippen molar-refractivity contribution in [3.8, 4) is 0 Å². The molecule has 1 aliphatic rings. The molecule has 0 amide bonds. The topological polar surface area (TPSA) is 26.0 Å². The highest BCUT2D eigenvalue weighted by atomic mass is 14.6. The first-order chi connectivity index (χ1) is 5.39. The molecule has 0 atom stereocenters. The highest BCUT2D eigenvalue weighted by molar-refractivity contribution is 4.86. The molecule has 0 radical (unpaired) electrons. The predicted octanol–water partition coefficient (Wildman–Crippen LogP) is 2.38. The van der Waals surface area contributed by atoms with Gasteiger partial charge in [0.2, 0.25) is 0 Å². The van der Waals surface area contributed by atoms with Crippen LogP contribution in [0, 0.1) is 0 Å². The second kappa shape index (κ2) is 5.17. The van der Waals surface area contributed by atoms with Crippen LogP contribution in [-0.2, 0) is 0 Å². The molecule has 0 saturated heterocycles. The fourth-order valence-corrected chi connectivity index (χ4v) is 1.36. The quantitative estimate of drug-likeness (QED) is 0.528. The first-order valence-electron chi connectivity index (χ1n) is 4.54. The van der Waals surface area contributed by atoms with Gasteiger partial charge in [0, 0.05) is 6.04 Å². The Bertz CT molecular complexity index is 140. The minimum Gasteiger partial charge on any atom is -0.328 e. The molecule has 1 aliphatic carbocycles. The molecule has 1 nitrogen and oxygen atoms in total. The molecule has 0 fully saturated rings. The van der Waals surface area contributed by atoms with E-state index in [1.807, 2.05) is 0 Å². The number of hydrogen-bond acceptors (Lipinski definition) is 1. The van der Waals surface area contributed by atoms with Gasteiger partial charge in [0.15, 0.2) is 0 Å². The monoisotopic (exact) mass is 151 g/mol. The molecule has 0 aromatic rings. The second-order valence-electron chi connectivity index (χ2n) is 3.20. The number of rotatable bonds is 0. The van der Waals surface area contributed by atoms with Gasteiger partial charge in [0.1, 0.15) is 0 Å². The molecule has 0 heterocycles. The van der Waals surface area contributed by atoms with Crippen LogP contribution in [0.25, 0.3) is 0 Å². The molecule has 2 N–H and O–H groups in total. The summed E-state index contributed by atoms with van der Waals surface area (Å²) in [6.45, 7) is 0. The van der Waals surface area contributed by atoms with Gasteiger partial charge in [-0.2, -0.15) is 0 Å². The molecular formula is C10H17N. The molecule has 11 heavy (non-hydrogen) atoms. The molecule has 62 valence electrons. The lowest BCUT2D eigenvalue weighted by Gasteiger charge is -2.09. The van der Waals surface area contributed by atoms with Crippen LogP contribution in [0.3, 0.4) is 0 Å². The van der Waals surface area contributed by atoms with Gasteiger partial charge < -0.3 is 5.73 Å². The maximum absolute atomic E-state index is 5.88. The molecule has 0 aromatic heterocycles. The van der Waals surface area contributed by atoms with Gasteiger partial charge >= 0.3 is 0 Å². The van der Waals surface area contributed by atoms with E-state index in [4.69, 9.17) is 5.73 Å². The van der Waals surface area contributed by atoms with Gasteiger partial charge in [-0.3, -0.25) is 0 Å². The Kier molecular flexibility index (Phi) is 4.03. The third kappa shape index (κ3) is 4.02. The van der Waals surface area contributed by atoms with E-state index in [9.17, 15) is 0 Å². The summed E-state index contributed by atoms with van der Waals surface area (Å²) in [5.41, 5.74) is 9.06. The van der Waals surface area contributed by atoms with Crippen LogP contribution in [0.5, 0.6) is 0 Å². The molecule has 1 heteroatoms. The van der Waals surface area contributed by atoms with E-state index in [0.717, 1.165) is 12.8 Å². The summed E-state index contributed by atoms with van der Waals surface area (Å²) in [6.07, 6.45) is 11.3.